The molecule has 1 atom stereocenters. The maximum Gasteiger partial charge on any atom is 0.219 e. The molecule has 0 amide bonds. The van der Waals surface area contributed by atoms with Gasteiger partial charge in [0.25, 0.3) is 0 Å². The van der Waals surface area contributed by atoms with Crippen LogP contribution >= 0.6 is 11.8 Å². The number of thioether (sulfide) groups is 1. The third-order valence-electron chi connectivity index (χ3n) is 2.26. The molecule has 0 fully saturated rings. The van der Waals surface area contributed by atoms with E-state index in [0.29, 0.717) is 5.57 Å². The summed E-state index contributed by atoms with van der Waals surface area (Å²) in [7, 11) is 0. The van der Waals surface area contributed by atoms with Gasteiger partial charge in [-0.15, -0.1) is 0 Å². The predicted molar refractivity (Wildman–Crippen MR) is 60.3 cm³/mol. The smallest absolute Gasteiger partial charge is 0.219 e. The first-order valence-corrected chi connectivity index (χ1v) is 5.18. The minimum absolute atomic E-state index is 0.0573. The van der Waals surface area contributed by atoms with Crippen molar-refractivity contribution in [3.63, 3.8) is 0 Å². The summed E-state index contributed by atoms with van der Waals surface area (Å²) >= 11 is 1.14. The molecule has 1 aliphatic rings. The Hall–Kier alpha value is -0.960. The SMILES string of the molecule is C=C/C(C)=C\[C@@]1(C)SC(=O)C(C)=C1O. The zero-order valence-corrected chi connectivity index (χ0v) is 9.44. The third-order valence-corrected chi connectivity index (χ3v) is 3.49. The van der Waals surface area contributed by atoms with Gasteiger partial charge in [0.15, 0.2) is 0 Å². The van der Waals surface area contributed by atoms with E-state index in [9.17, 15) is 9.90 Å². The van der Waals surface area contributed by atoms with Crippen LogP contribution in [0.2, 0.25) is 0 Å². The van der Waals surface area contributed by atoms with Crippen LogP contribution in [0.3, 0.4) is 0 Å². The van der Waals surface area contributed by atoms with E-state index in [4.69, 9.17) is 0 Å². The van der Waals surface area contributed by atoms with Gasteiger partial charge >= 0.3 is 0 Å². The van der Waals surface area contributed by atoms with Gasteiger partial charge in [-0.1, -0.05) is 36.1 Å². The topological polar surface area (TPSA) is 37.3 Å². The van der Waals surface area contributed by atoms with E-state index in [2.05, 4.69) is 6.58 Å². The summed E-state index contributed by atoms with van der Waals surface area (Å²) in [5.41, 5.74) is 1.40. The van der Waals surface area contributed by atoms with Gasteiger partial charge < -0.3 is 5.11 Å². The van der Waals surface area contributed by atoms with E-state index in [1.807, 2.05) is 19.9 Å². The molecule has 1 heterocycles. The Balaban J connectivity index is 3.12. The first-order chi connectivity index (χ1) is 6.40. The summed E-state index contributed by atoms with van der Waals surface area (Å²) in [6.45, 7) is 9.00. The van der Waals surface area contributed by atoms with E-state index < -0.39 is 4.75 Å². The molecule has 0 aromatic heterocycles. The molecular formula is C11H14O2S. The molecule has 3 heteroatoms. The maximum absolute atomic E-state index is 11.4. The summed E-state index contributed by atoms with van der Waals surface area (Å²) < 4.78 is -0.612. The Kier molecular flexibility index (Phi) is 2.90. The summed E-state index contributed by atoms with van der Waals surface area (Å²) in [6, 6.07) is 0. The number of aliphatic hydroxyl groups excluding tert-OH is 1. The molecule has 0 spiro atoms. The van der Waals surface area contributed by atoms with E-state index in [1.54, 1.807) is 13.0 Å². The van der Waals surface area contributed by atoms with E-state index >= 15 is 0 Å². The fraction of sp³-hybridized carbons (Fsp3) is 0.364. The van der Waals surface area contributed by atoms with Crippen LogP contribution in [0.4, 0.5) is 0 Å². The molecule has 0 saturated heterocycles. The van der Waals surface area contributed by atoms with E-state index in [1.165, 1.54) is 0 Å². The molecule has 14 heavy (non-hydrogen) atoms. The number of aliphatic hydroxyl groups is 1. The molecular weight excluding hydrogens is 196 g/mol. The quantitative estimate of drug-likeness (QED) is 0.712. The average Bonchev–Trinajstić information content (AvgIpc) is 2.30. The van der Waals surface area contributed by atoms with Crippen molar-refractivity contribution in [1.82, 2.24) is 0 Å². The number of allylic oxidation sites excluding steroid dienone is 2. The highest BCUT2D eigenvalue weighted by Crippen LogP contribution is 2.43. The van der Waals surface area contributed by atoms with Gasteiger partial charge in [0.2, 0.25) is 5.12 Å². The molecule has 0 unspecified atom stereocenters. The van der Waals surface area contributed by atoms with Crippen LogP contribution in [0.5, 0.6) is 0 Å². The highest BCUT2D eigenvalue weighted by Gasteiger charge is 2.39. The number of carbonyl (C=O) groups is 1. The zero-order chi connectivity index (χ0) is 10.9. The van der Waals surface area contributed by atoms with Crippen molar-refractivity contribution in [2.45, 2.75) is 25.5 Å². The molecule has 0 saturated carbocycles. The average molecular weight is 210 g/mol. The first-order valence-electron chi connectivity index (χ1n) is 4.36. The molecule has 76 valence electrons. The molecule has 0 aromatic rings. The minimum Gasteiger partial charge on any atom is -0.510 e. The van der Waals surface area contributed by atoms with Crippen molar-refractivity contribution in [1.29, 1.82) is 0 Å². The second-order valence-corrected chi connectivity index (χ2v) is 4.99. The standard InChI is InChI=1S/C11H14O2S/c1-5-7(2)6-11(4)9(12)8(3)10(13)14-11/h5-6,12H,1H2,2-4H3/b7-6-/t11-/m1/s1. The number of carbonyl (C=O) groups excluding carboxylic acids is 1. The van der Waals surface area contributed by atoms with Gasteiger partial charge in [-0.2, -0.15) is 0 Å². The number of hydrogen-bond acceptors (Lipinski definition) is 3. The second-order valence-electron chi connectivity index (χ2n) is 3.56. The van der Waals surface area contributed by atoms with Gasteiger partial charge in [-0.05, 0) is 20.8 Å². The fourth-order valence-corrected chi connectivity index (χ4v) is 2.51. The Morgan fingerprint density at radius 2 is 2.21 bits per heavy atom. The van der Waals surface area contributed by atoms with Crippen LogP contribution in [0.1, 0.15) is 20.8 Å². The summed E-state index contributed by atoms with van der Waals surface area (Å²) in [5.74, 6) is 0.161. The van der Waals surface area contributed by atoms with Crippen molar-refractivity contribution in [3.8, 4) is 0 Å². The van der Waals surface area contributed by atoms with Gasteiger partial charge in [-0.3, -0.25) is 4.79 Å². The zero-order valence-electron chi connectivity index (χ0n) is 8.63. The van der Waals surface area contributed by atoms with Crippen molar-refractivity contribution in [2.24, 2.45) is 0 Å². The van der Waals surface area contributed by atoms with Crippen LogP contribution in [-0.2, 0) is 4.79 Å². The Labute approximate surface area is 88.4 Å². The van der Waals surface area contributed by atoms with Crippen LogP contribution in [0.15, 0.2) is 35.6 Å². The van der Waals surface area contributed by atoms with Crippen molar-refractivity contribution >= 4 is 16.9 Å². The first kappa shape index (κ1) is 11.1. The number of hydrogen-bond donors (Lipinski definition) is 1. The molecule has 0 aliphatic carbocycles. The highest BCUT2D eigenvalue weighted by atomic mass is 32.2. The van der Waals surface area contributed by atoms with Crippen molar-refractivity contribution in [2.75, 3.05) is 0 Å². The van der Waals surface area contributed by atoms with Gasteiger partial charge in [0.05, 0.1) is 4.75 Å². The van der Waals surface area contributed by atoms with Crippen LogP contribution in [-0.4, -0.2) is 15.0 Å². The highest BCUT2D eigenvalue weighted by molar-refractivity contribution is 8.16. The predicted octanol–water partition coefficient (Wildman–Crippen LogP) is 2.98. The lowest BCUT2D eigenvalue weighted by molar-refractivity contribution is -0.107. The third kappa shape index (κ3) is 1.77. The molecule has 1 rings (SSSR count). The largest absolute Gasteiger partial charge is 0.510 e. The van der Waals surface area contributed by atoms with Gasteiger partial charge in [0, 0.05) is 5.57 Å². The van der Waals surface area contributed by atoms with Crippen molar-refractivity contribution in [3.05, 3.63) is 35.6 Å². The Morgan fingerprint density at radius 3 is 2.57 bits per heavy atom. The van der Waals surface area contributed by atoms with Crippen LogP contribution in [0, 0.1) is 0 Å². The lowest BCUT2D eigenvalue weighted by Crippen LogP contribution is -2.17. The molecule has 1 aliphatic heterocycles. The summed E-state index contributed by atoms with van der Waals surface area (Å²) in [6.07, 6.45) is 3.56. The summed E-state index contributed by atoms with van der Waals surface area (Å²) in [5, 5.41) is 9.73. The van der Waals surface area contributed by atoms with Crippen molar-refractivity contribution < 1.29 is 9.90 Å². The van der Waals surface area contributed by atoms with E-state index in [-0.39, 0.29) is 10.9 Å². The lowest BCUT2D eigenvalue weighted by Gasteiger charge is -2.18. The van der Waals surface area contributed by atoms with Gasteiger partial charge in [-0.25, -0.2) is 0 Å². The molecule has 2 nitrogen and oxygen atoms in total. The van der Waals surface area contributed by atoms with Crippen LogP contribution in [0.25, 0.3) is 0 Å². The minimum atomic E-state index is -0.612. The molecule has 0 aromatic carbocycles. The van der Waals surface area contributed by atoms with E-state index in [0.717, 1.165) is 17.3 Å². The normalized spacial score (nSPS) is 28.5. The lowest BCUT2D eigenvalue weighted by atomic mass is 10.0. The molecule has 0 bridgehead atoms. The Bertz CT molecular complexity index is 352. The molecule has 1 N–H and O–H groups in total. The number of rotatable bonds is 2. The monoisotopic (exact) mass is 210 g/mol. The molecule has 0 radical (unpaired) electrons. The summed E-state index contributed by atoms with van der Waals surface area (Å²) in [4.78, 5) is 11.4. The maximum atomic E-state index is 11.4. The second kappa shape index (κ2) is 3.65. The Morgan fingerprint density at radius 1 is 1.64 bits per heavy atom. The van der Waals surface area contributed by atoms with Crippen LogP contribution < -0.4 is 0 Å². The van der Waals surface area contributed by atoms with Gasteiger partial charge in [0.1, 0.15) is 5.76 Å². The fourth-order valence-electron chi connectivity index (χ4n) is 1.38.